The third kappa shape index (κ3) is 5.33. The van der Waals surface area contributed by atoms with Crippen LogP contribution in [0.2, 0.25) is 0 Å². The summed E-state index contributed by atoms with van der Waals surface area (Å²) in [5.74, 6) is -0.254. The van der Waals surface area contributed by atoms with Crippen LogP contribution in [0.4, 0.5) is 0 Å². The molecular formula is C13H27N3O2. The molecule has 0 bridgehead atoms. The van der Waals surface area contributed by atoms with Crippen LogP contribution in [0.15, 0.2) is 0 Å². The number of methoxy groups -OCH3 is 1. The fourth-order valence-corrected chi connectivity index (χ4v) is 2.39. The van der Waals surface area contributed by atoms with Crippen molar-refractivity contribution >= 4 is 5.91 Å². The fraction of sp³-hybridized carbons (Fsp3) is 0.923. The molecule has 1 fully saturated rings. The van der Waals surface area contributed by atoms with E-state index in [1.54, 1.807) is 7.11 Å². The van der Waals surface area contributed by atoms with Crippen molar-refractivity contribution in [2.24, 2.45) is 5.73 Å². The van der Waals surface area contributed by atoms with E-state index in [4.69, 9.17) is 10.5 Å². The summed E-state index contributed by atoms with van der Waals surface area (Å²) >= 11 is 0. The topological polar surface area (TPSA) is 67.6 Å². The molecule has 1 atom stereocenters. The summed E-state index contributed by atoms with van der Waals surface area (Å²) in [6.07, 6.45) is 3.34. The van der Waals surface area contributed by atoms with Gasteiger partial charge in [0.05, 0.1) is 12.1 Å². The van der Waals surface area contributed by atoms with Crippen molar-refractivity contribution in [1.82, 2.24) is 10.2 Å². The predicted molar refractivity (Wildman–Crippen MR) is 72.3 cm³/mol. The number of nitrogens with two attached hydrogens (primary N) is 1. The molecule has 0 aromatic heterocycles. The predicted octanol–water partition coefficient (Wildman–Crippen LogP) is 0.339. The zero-order valence-electron chi connectivity index (χ0n) is 11.8. The smallest absolute Gasteiger partial charge is 0.234 e. The molecule has 1 heterocycles. The van der Waals surface area contributed by atoms with Crippen LogP contribution in [0.3, 0.4) is 0 Å². The van der Waals surface area contributed by atoms with Crippen LogP contribution in [0, 0.1) is 0 Å². The van der Waals surface area contributed by atoms with Crippen molar-refractivity contribution in [2.45, 2.75) is 51.3 Å². The quantitative estimate of drug-likeness (QED) is 0.690. The lowest BCUT2D eigenvalue weighted by Crippen LogP contribution is -2.47. The Kier molecular flexibility index (Phi) is 6.60. The van der Waals surface area contributed by atoms with Gasteiger partial charge in [0.2, 0.25) is 5.91 Å². The van der Waals surface area contributed by atoms with Crippen molar-refractivity contribution in [1.29, 1.82) is 0 Å². The summed E-state index contributed by atoms with van der Waals surface area (Å²) in [4.78, 5) is 13.7. The van der Waals surface area contributed by atoms with E-state index in [0.29, 0.717) is 6.10 Å². The van der Waals surface area contributed by atoms with Crippen molar-refractivity contribution in [3.63, 3.8) is 0 Å². The summed E-state index contributed by atoms with van der Waals surface area (Å²) in [6, 6.07) is 0.0619. The van der Waals surface area contributed by atoms with Crippen LogP contribution in [0.1, 0.15) is 33.1 Å². The fourth-order valence-electron chi connectivity index (χ4n) is 2.39. The molecule has 0 aromatic carbocycles. The van der Waals surface area contributed by atoms with E-state index in [2.05, 4.69) is 10.2 Å². The Morgan fingerprint density at radius 2 is 2.06 bits per heavy atom. The molecule has 1 amide bonds. The standard InChI is InChI=1S/C13H27N3O2/c1-10(2)15-12(13(14)17)6-9-16-7-4-11(18-3)5-8-16/h10-12,15H,4-9H2,1-3H3,(H2,14,17). The summed E-state index contributed by atoms with van der Waals surface area (Å²) in [5.41, 5.74) is 5.40. The largest absolute Gasteiger partial charge is 0.381 e. The molecular weight excluding hydrogens is 230 g/mol. The first-order chi connectivity index (χ1) is 8.52. The highest BCUT2D eigenvalue weighted by Gasteiger charge is 2.21. The van der Waals surface area contributed by atoms with Gasteiger partial charge in [0.25, 0.3) is 0 Å². The highest BCUT2D eigenvalue weighted by molar-refractivity contribution is 5.79. The van der Waals surface area contributed by atoms with Crippen molar-refractivity contribution in [3.8, 4) is 0 Å². The van der Waals surface area contributed by atoms with Gasteiger partial charge in [-0.2, -0.15) is 0 Å². The Morgan fingerprint density at radius 1 is 1.44 bits per heavy atom. The second kappa shape index (κ2) is 7.71. The second-order valence-corrected chi connectivity index (χ2v) is 5.34. The Balaban J connectivity index is 2.28. The van der Waals surface area contributed by atoms with E-state index >= 15 is 0 Å². The molecule has 1 aliphatic heterocycles. The number of nitrogens with zero attached hydrogens (tertiary/aromatic N) is 1. The van der Waals surface area contributed by atoms with Crippen molar-refractivity contribution in [2.75, 3.05) is 26.7 Å². The number of hydrogen-bond acceptors (Lipinski definition) is 4. The lowest BCUT2D eigenvalue weighted by atomic mass is 10.1. The zero-order valence-corrected chi connectivity index (χ0v) is 11.8. The Labute approximate surface area is 110 Å². The molecule has 1 unspecified atom stereocenters. The van der Waals surface area contributed by atoms with Crippen LogP contribution in [-0.4, -0.2) is 55.7 Å². The maximum atomic E-state index is 11.3. The molecule has 0 saturated carbocycles. The van der Waals surface area contributed by atoms with Crippen LogP contribution in [-0.2, 0) is 9.53 Å². The molecule has 5 heteroatoms. The highest BCUT2D eigenvalue weighted by Crippen LogP contribution is 2.13. The molecule has 3 N–H and O–H groups in total. The van der Waals surface area contributed by atoms with E-state index in [-0.39, 0.29) is 18.0 Å². The number of rotatable bonds is 7. The average molecular weight is 257 g/mol. The maximum Gasteiger partial charge on any atom is 0.234 e. The molecule has 0 radical (unpaired) electrons. The average Bonchev–Trinajstić information content (AvgIpc) is 2.34. The molecule has 0 aliphatic carbocycles. The molecule has 18 heavy (non-hydrogen) atoms. The van der Waals surface area contributed by atoms with E-state index in [1.165, 1.54) is 0 Å². The van der Waals surface area contributed by atoms with E-state index in [0.717, 1.165) is 38.9 Å². The number of amides is 1. The van der Waals surface area contributed by atoms with Crippen molar-refractivity contribution < 1.29 is 9.53 Å². The number of carbonyl (C=O) groups is 1. The normalized spacial score (nSPS) is 20.2. The third-order valence-corrected chi connectivity index (χ3v) is 3.48. The number of ether oxygens (including phenoxy) is 1. The van der Waals surface area contributed by atoms with Gasteiger partial charge in [0.15, 0.2) is 0 Å². The molecule has 0 spiro atoms. The Bertz CT molecular complexity index is 251. The minimum Gasteiger partial charge on any atom is -0.381 e. The van der Waals surface area contributed by atoms with Gasteiger partial charge >= 0.3 is 0 Å². The number of primary amides is 1. The second-order valence-electron chi connectivity index (χ2n) is 5.34. The summed E-state index contributed by atoms with van der Waals surface area (Å²) in [6.45, 7) is 7.07. The number of hydrogen-bond donors (Lipinski definition) is 2. The minimum absolute atomic E-state index is 0.217. The SMILES string of the molecule is COC1CCN(CCC(NC(C)C)C(N)=O)CC1. The van der Waals surface area contributed by atoms with E-state index < -0.39 is 0 Å². The van der Waals surface area contributed by atoms with E-state index in [1.807, 2.05) is 13.8 Å². The summed E-state index contributed by atoms with van der Waals surface area (Å²) in [7, 11) is 1.77. The van der Waals surface area contributed by atoms with Crippen LogP contribution in [0.5, 0.6) is 0 Å². The van der Waals surface area contributed by atoms with Gasteiger partial charge in [-0.25, -0.2) is 0 Å². The number of nitrogens with one attached hydrogen (secondary N) is 1. The summed E-state index contributed by atoms with van der Waals surface area (Å²) < 4.78 is 5.34. The maximum absolute atomic E-state index is 11.3. The van der Waals surface area contributed by atoms with Crippen LogP contribution in [0.25, 0.3) is 0 Å². The third-order valence-electron chi connectivity index (χ3n) is 3.48. The number of likely N-dealkylation sites (tertiary alicyclic amines) is 1. The molecule has 1 aliphatic rings. The number of carbonyl (C=O) groups excluding carboxylic acids is 1. The molecule has 1 saturated heterocycles. The van der Waals surface area contributed by atoms with Gasteiger partial charge < -0.3 is 20.7 Å². The molecule has 0 aromatic rings. The lowest BCUT2D eigenvalue weighted by Gasteiger charge is -2.32. The van der Waals surface area contributed by atoms with Gasteiger partial charge in [0, 0.05) is 32.8 Å². The molecule has 106 valence electrons. The molecule has 1 rings (SSSR count). The van der Waals surface area contributed by atoms with Gasteiger partial charge in [-0.15, -0.1) is 0 Å². The summed E-state index contributed by atoms with van der Waals surface area (Å²) in [5, 5.41) is 3.21. The first-order valence-corrected chi connectivity index (χ1v) is 6.83. The van der Waals surface area contributed by atoms with E-state index in [9.17, 15) is 4.79 Å². The minimum atomic E-state index is -0.254. The van der Waals surface area contributed by atoms with Gasteiger partial charge in [-0.05, 0) is 19.3 Å². The Hall–Kier alpha value is -0.650. The zero-order chi connectivity index (χ0) is 13.5. The van der Waals surface area contributed by atoms with Gasteiger partial charge in [-0.1, -0.05) is 13.8 Å². The van der Waals surface area contributed by atoms with Gasteiger partial charge in [-0.3, -0.25) is 4.79 Å². The number of piperidine rings is 1. The first kappa shape index (κ1) is 15.4. The van der Waals surface area contributed by atoms with Crippen LogP contribution < -0.4 is 11.1 Å². The van der Waals surface area contributed by atoms with Gasteiger partial charge in [0.1, 0.15) is 0 Å². The lowest BCUT2D eigenvalue weighted by molar-refractivity contribution is -0.120. The monoisotopic (exact) mass is 257 g/mol. The molecule has 5 nitrogen and oxygen atoms in total. The highest BCUT2D eigenvalue weighted by atomic mass is 16.5. The Morgan fingerprint density at radius 3 is 2.50 bits per heavy atom. The first-order valence-electron chi connectivity index (χ1n) is 6.83. The van der Waals surface area contributed by atoms with Crippen molar-refractivity contribution in [3.05, 3.63) is 0 Å². The van der Waals surface area contributed by atoms with Crippen LogP contribution >= 0.6 is 0 Å².